The molecule has 0 spiro atoms. The Morgan fingerprint density at radius 1 is 1.18 bits per heavy atom. The van der Waals surface area contributed by atoms with Crippen molar-refractivity contribution in [3.05, 3.63) is 57.3 Å². The minimum absolute atomic E-state index is 0.0151. The van der Waals surface area contributed by atoms with E-state index in [1.807, 2.05) is 6.07 Å². The molecule has 0 radical (unpaired) electrons. The Labute approximate surface area is 125 Å². The molecule has 2 heterocycles. The maximum absolute atomic E-state index is 12.5. The van der Waals surface area contributed by atoms with Gasteiger partial charge in [-0.2, -0.15) is 0 Å². The summed E-state index contributed by atoms with van der Waals surface area (Å²) in [6.07, 6.45) is 0. The molecule has 0 saturated carbocycles. The molecule has 6 heteroatoms. The van der Waals surface area contributed by atoms with Crippen LogP contribution in [0.3, 0.4) is 0 Å². The third kappa shape index (κ3) is 2.18. The van der Waals surface area contributed by atoms with Crippen LogP contribution in [0.25, 0.3) is 11.0 Å². The maximum Gasteiger partial charge on any atom is 0.349 e. The number of amides is 1. The van der Waals surface area contributed by atoms with E-state index >= 15 is 0 Å². The lowest BCUT2D eigenvalue weighted by Gasteiger charge is -2.08. The molecule has 0 atom stereocenters. The number of carbonyl (C=O) groups is 1. The first-order chi connectivity index (χ1) is 10.5. The molecule has 0 aliphatic rings. The summed E-state index contributed by atoms with van der Waals surface area (Å²) in [5, 5.41) is 7.16. The van der Waals surface area contributed by atoms with Crippen molar-refractivity contribution in [3.63, 3.8) is 0 Å². The SMILES string of the molecule is Cc1noc(C)c1NC(=O)c1c(C)c2ccccc2oc1=O. The second-order valence-corrected chi connectivity index (χ2v) is 5.04. The predicted molar refractivity (Wildman–Crippen MR) is 81.2 cm³/mol. The summed E-state index contributed by atoms with van der Waals surface area (Å²) in [4.78, 5) is 24.6. The smallest absolute Gasteiger partial charge is 0.349 e. The maximum atomic E-state index is 12.5. The summed E-state index contributed by atoms with van der Waals surface area (Å²) in [5.74, 6) is -0.0555. The molecular weight excluding hydrogens is 284 g/mol. The normalized spacial score (nSPS) is 10.9. The number of nitrogens with zero attached hydrogens (tertiary/aromatic N) is 1. The zero-order valence-electron chi connectivity index (χ0n) is 12.4. The Hall–Kier alpha value is -2.89. The number of anilines is 1. The molecular formula is C16H14N2O4. The van der Waals surface area contributed by atoms with Gasteiger partial charge in [-0.1, -0.05) is 23.4 Å². The number of rotatable bonds is 2. The van der Waals surface area contributed by atoms with Gasteiger partial charge in [0.2, 0.25) is 0 Å². The number of para-hydroxylation sites is 1. The third-order valence-electron chi connectivity index (χ3n) is 3.57. The molecule has 3 rings (SSSR count). The second-order valence-electron chi connectivity index (χ2n) is 5.04. The van der Waals surface area contributed by atoms with Crippen LogP contribution < -0.4 is 10.9 Å². The molecule has 22 heavy (non-hydrogen) atoms. The number of hydrogen-bond acceptors (Lipinski definition) is 5. The average Bonchev–Trinajstić information content (AvgIpc) is 2.79. The van der Waals surface area contributed by atoms with Crippen molar-refractivity contribution in [2.45, 2.75) is 20.8 Å². The molecule has 0 aliphatic carbocycles. The lowest BCUT2D eigenvalue weighted by molar-refractivity contribution is 0.102. The van der Waals surface area contributed by atoms with Crippen molar-refractivity contribution in [2.75, 3.05) is 5.32 Å². The van der Waals surface area contributed by atoms with Gasteiger partial charge in [0.25, 0.3) is 5.91 Å². The number of aromatic nitrogens is 1. The van der Waals surface area contributed by atoms with Gasteiger partial charge < -0.3 is 14.3 Å². The topological polar surface area (TPSA) is 85.3 Å². The average molecular weight is 298 g/mol. The van der Waals surface area contributed by atoms with Gasteiger partial charge in [-0.15, -0.1) is 0 Å². The van der Waals surface area contributed by atoms with Crippen LogP contribution in [0, 0.1) is 20.8 Å². The molecule has 0 bridgehead atoms. The molecule has 0 unspecified atom stereocenters. The van der Waals surface area contributed by atoms with Crippen LogP contribution in [0.4, 0.5) is 5.69 Å². The van der Waals surface area contributed by atoms with Gasteiger partial charge in [0.15, 0.2) is 5.76 Å². The van der Waals surface area contributed by atoms with Crippen molar-refractivity contribution in [2.24, 2.45) is 0 Å². The van der Waals surface area contributed by atoms with Crippen LogP contribution in [0.5, 0.6) is 0 Å². The number of aryl methyl sites for hydroxylation is 3. The third-order valence-corrected chi connectivity index (χ3v) is 3.57. The molecule has 1 N–H and O–H groups in total. The van der Waals surface area contributed by atoms with Crippen molar-refractivity contribution in [3.8, 4) is 0 Å². The highest BCUT2D eigenvalue weighted by molar-refractivity contribution is 6.07. The number of benzene rings is 1. The highest BCUT2D eigenvalue weighted by Gasteiger charge is 2.21. The lowest BCUT2D eigenvalue weighted by Crippen LogP contribution is -2.23. The first kappa shape index (κ1) is 14.1. The summed E-state index contributed by atoms with van der Waals surface area (Å²) >= 11 is 0. The second kappa shape index (κ2) is 5.14. The fraction of sp³-hybridized carbons (Fsp3) is 0.188. The van der Waals surface area contributed by atoms with E-state index in [0.717, 1.165) is 5.39 Å². The molecule has 112 valence electrons. The van der Waals surface area contributed by atoms with Crippen molar-refractivity contribution in [1.29, 1.82) is 0 Å². The van der Waals surface area contributed by atoms with E-state index in [9.17, 15) is 9.59 Å². The highest BCUT2D eigenvalue weighted by atomic mass is 16.5. The van der Waals surface area contributed by atoms with Gasteiger partial charge in [0, 0.05) is 5.39 Å². The Bertz CT molecular complexity index is 917. The van der Waals surface area contributed by atoms with E-state index < -0.39 is 11.5 Å². The number of fused-ring (bicyclic) bond motifs is 1. The highest BCUT2D eigenvalue weighted by Crippen LogP contribution is 2.22. The van der Waals surface area contributed by atoms with E-state index in [0.29, 0.717) is 28.3 Å². The lowest BCUT2D eigenvalue weighted by atomic mass is 10.1. The minimum Gasteiger partial charge on any atom is -0.422 e. The molecule has 0 aliphatic heterocycles. The van der Waals surface area contributed by atoms with Gasteiger partial charge in [0.1, 0.15) is 22.5 Å². The van der Waals surface area contributed by atoms with E-state index in [1.165, 1.54) is 0 Å². The number of hydrogen-bond donors (Lipinski definition) is 1. The van der Waals surface area contributed by atoms with Crippen LogP contribution in [0.1, 0.15) is 27.4 Å². The first-order valence-corrected chi connectivity index (χ1v) is 6.75. The molecule has 0 saturated heterocycles. The van der Waals surface area contributed by atoms with Gasteiger partial charge >= 0.3 is 5.63 Å². The van der Waals surface area contributed by atoms with Crippen LogP contribution in [0.2, 0.25) is 0 Å². The summed E-state index contributed by atoms with van der Waals surface area (Å²) in [6.45, 7) is 5.12. The molecule has 0 fully saturated rings. The van der Waals surface area contributed by atoms with Crippen molar-refractivity contribution >= 4 is 22.6 Å². The van der Waals surface area contributed by atoms with Gasteiger partial charge in [-0.05, 0) is 32.4 Å². The Balaban J connectivity index is 2.10. The van der Waals surface area contributed by atoms with E-state index in [-0.39, 0.29) is 5.56 Å². The number of carbonyl (C=O) groups excluding carboxylic acids is 1. The molecule has 1 amide bonds. The Morgan fingerprint density at radius 3 is 2.59 bits per heavy atom. The fourth-order valence-electron chi connectivity index (χ4n) is 2.40. The fourth-order valence-corrected chi connectivity index (χ4v) is 2.40. The van der Waals surface area contributed by atoms with Gasteiger partial charge in [-0.3, -0.25) is 4.79 Å². The van der Waals surface area contributed by atoms with Crippen molar-refractivity contribution in [1.82, 2.24) is 5.16 Å². The molecule has 3 aromatic rings. The summed E-state index contributed by atoms with van der Waals surface area (Å²) in [7, 11) is 0. The van der Waals surface area contributed by atoms with Crippen LogP contribution >= 0.6 is 0 Å². The monoisotopic (exact) mass is 298 g/mol. The zero-order valence-corrected chi connectivity index (χ0v) is 12.4. The molecule has 6 nitrogen and oxygen atoms in total. The summed E-state index contributed by atoms with van der Waals surface area (Å²) in [5.41, 5.74) is 1.37. The minimum atomic E-state index is -0.666. The predicted octanol–water partition coefficient (Wildman–Crippen LogP) is 2.96. The Kier molecular flexibility index (Phi) is 3.29. The Morgan fingerprint density at radius 2 is 1.91 bits per heavy atom. The zero-order chi connectivity index (χ0) is 15.9. The molecule has 2 aromatic heterocycles. The van der Waals surface area contributed by atoms with E-state index in [4.69, 9.17) is 8.94 Å². The van der Waals surface area contributed by atoms with Crippen LogP contribution in [-0.4, -0.2) is 11.1 Å². The summed E-state index contributed by atoms with van der Waals surface area (Å²) < 4.78 is 10.2. The van der Waals surface area contributed by atoms with Crippen molar-refractivity contribution < 1.29 is 13.7 Å². The van der Waals surface area contributed by atoms with Gasteiger partial charge in [0.05, 0.1) is 0 Å². The largest absolute Gasteiger partial charge is 0.422 e. The number of nitrogens with one attached hydrogen (secondary N) is 1. The first-order valence-electron chi connectivity index (χ1n) is 6.75. The molecule has 1 aromatic carbocycles. The van der Waals surface area contributed by atoms with E-state index in [1.54, 1.807) is 39.0 Å². The van der Waals surface area contributed by atoms with E-state index in [2.05, 4.69) is 10.5 Å². The standard InChI is InChI=1S/C16H14N2O4/c1-8-11-6-4-5-7-12(11)21-16(20)13(8)15(19)17-14-9(2)18-22-10(14)3/h4-7H,1-3H3,(H,17,19). The quantitative estimate of drug-likeness (QED) is 0.735. The van der Waals surface area contributed by atoms with Gasteiger partial charge in [-0.25, -0.2) is 4.79 Å². The van der Waals surface area contributed by atoms with Crippen LogP contribution in [0.15, 0.2) is 38.0 Å². The van der Waals surface area contributed by atoms with Crippen LogP contribution in [-0.2, 0) is 0 Å². The summed E-state index contributed by atoms with van der Waals surface area (Å²) in [6, 6.07) is 7.10.